The van der Waals surface area contributed by atoms with Crippen LogP contribution in [0.5, 0.6) is 0 Å². The number of benzene rings is 1. The molecule has 0 unspecified atom stereocenters. The fourth-order valence-electron chi connectivity index (χ4n) is 2.05. The molecule has 0 radical (unpaired) electrons. The van der Waals surface area contributed by atoms with Crippen LogP contribution in [0.25, 0.3) is 11.0 Å². The van der Waals surface area contributed by atoms with Gasteiger partial charge < -0.3 is 10.7 Å². The van der Waals surface area contributed by atoms with Gasteiger partial charge in [-0.15, -0.1) is 0 Å². The van der Waals surface area contributed by atoms with E-state index in [0.29, 0.717) is 0 Å². The first-order valence-electron chi connectivity index (χ1n) is 6.85. The van der Waals surface area contributed by atoms with Crippen molar-refractivity contribution in [3.05, 3.63) is 29.6 Å². The molecular formula is C16H25N3. The van der Waals surface area contributed by atoms with E-state index in [-0.39, 0.29) is 16.9 Å². The molecule has 2 rings (SSSR count). The third-order valence-electron chi connectivity index (χ3n) is 3.60. The summed E-state index contributed by atoms with van der Waals surface area (Å²) in [6.45, 7) is 13.0. The highest BCUT2D eigenvalue weighted by Gasteiger charge is 2.25. The topological polar surface area (TPSA) is 54.7 Å². The van der Waals surface area contributed by atoms with E-state index in [9.17, 15) is 0 Å². The zero-order chi connectivity index (χ0) is 14.4. The van der Waals surface area contributed by atoms with Crippen LogP contribution in [0.4, 0.5) is 0 Å². The van der Waals surface area contributed by atoms with E-state index in [4.69, 9.17) is 5.73 Å². The number of hydrogen-bond acceptors (Lipinski definition) is 2. The van der Waals surface area contributed by atoms with Crippen molar-refractivity contribution in [3.8, 4) is 0 Å². The Morgan fingerprint density at radius 2 is 1.74 bits per heavy atom. The highest BCUT2D eigenvalue weighted by atomic mass is 15.0. The molecule has 2 aromatic rings. The van der Waals surface area contributed by atoms with Gasteiger partial charge in [0.15, 0.2) is 0 Å². The lowest BCUT2D eigenvalue weighted by Crippen LogP contribution is -2.27. The number of nitrogens with one attached hydrogen (secondary N) is 1. The summed E-state index contributed by atoms with van der Waals surface area (Å²) in [4.78, 5) is 8.02. The van der Waals surface area contributed by atoms with Gasteiger partial charge in [-0.2, -0.15) is 0 Å². The van der Waals surface area contributed by atoms with Crippen LogP contribution in [-0.4, -0.2) is 9.97 Å². The molecule has 3 heteroatoms. The Labute approximate surface area is 115 Å². The average molecular weight is 259 g/mol. The molecule has 0 saturated heterocycles. The largest absolute Gasteiger partial charge is 0.341 e. The van der Waals surface area contributed by atoms with Gasteiger partial charge in [0.1, 0.15) is 5.82 Å². The van der Waals surface area contributed by atoms with Crippen molar-refractivity contribution in [2.45, 2.75) is 53.0 Å². The van der Waals surface area contributed by atoms with Crippen LogP contribution < -0.4 is 5.73 Å². The zero-order valence-corrected chi connectivity index (χ0v) is 12.8. The number of H-pyrrole nitrogens is 1. The summed E-state index contributed by atoms with van der Waals surface area (Å²) < 4.78 is 0. The van der Waals surface area contributed by atoms with Gasteiger partial charge in [0.25, 0.3) is 0 Å². The summed E-state index contributed by atoms with van der Waals surface area (Å²) in [5.74, 6) is 0.869. The standard InChI is InChI=1S/C16H25N3/c1-15(2,3)10-7-8-11-12(9-10)19-14(18-11)13(17)16(4,5)6/h7-9,13H,17H2,1-6H3,(H,18,19)/t13-/m0/s1. The van der Waals surface area contributed by atoms with E-state index in [1.165, 1.54) is 5.56 Å². The molecule has 0 saturated carbocycles. The van der Waals surface area contributed by atoms with Gasteiger partial charge in [-0.05, 0) is 28.5 Å². The Bertz CT molecular complexity index is 582. The summed E-state index contributed by atoms with van der Waals surface area (Å²) in [7, 11) is 0. The highest BCUT2D eigenvalue weighted by molar-refractivity contribution is 5.76. The van der Waals surface area contributed by atoms with Crippen LogP contribution >= 0.6 is 0 Å². The Morgan fingerprint density at radius 3 is 2.26 bits per heavy atom. The first-order valence-corrected chi connectivity index (χ1v) is 6.85. The predicted molar refractivity (Wildman–Crippen MR) is 81.2 cm³/mol. The molecule has 1 heterocycles. The maximum absolute atomic E-state index is 6.27. The van der Waals surface area contributed by atoms with E-state index < -0.39 is 0 Å². The molecule has 0 aliphatic rings. The van der Waals surface area contributed by atoms with Crippen molar-refractivity contribution in [2.24, 2.45) is 11.1 Å². The molecule has 1 atom stereocenters. The van der Waals surface area contributed by atoms with E-state index >= 15 is 0 Å². The molecule has 0 aliphatic heterocycles. The number of hydrogen-bond donors (Lipinski definition) is 2. The number of fused-ring (bicyclic) bond motifs is 1. The van der Waals surface area contributed by atoms with E-state index in [2.05, 4.69) is 69.7 Å². The molecule has 0 bridgehead atoms. The molecule has 0 amide bonds. The summed E-state index contributed by atoms with van der Waals surface area (Å²) >= 11 is 0. The molecule has 0 spiro atoms. The van der Waals surface area contributed by atoms with Gasteiger partial charge >= 0.3 is 0 Å². The molecule has 1 aromatic heterocycles. The molecule has 104 valence electrons. The van der Waals surface area contributed by atoms with Gasteiger partial charge in [0.2, 0.25) is 0 Å². The quantitative estimate of drug-likeness (QED) is 0.816. The normalized spacial score (nSPS) is 14.9. The van der Waals surface area contributed by atoms with Crippen LogP contribution in [0, 0.1) is 5.41 Å². The Morgan fingerprint density at radius 1 is 1.11 bits per heavy atom. The highest BCUT2D eigenvalue weighted by Crippen LogP contribution is 2.31. The number of rotatable bonds is 1. The third-order valence-corrected chi connectivity index (χ3v) is 3.60. The predicted octanol–water partition coefficient (Wildman–Crippen LogP) is 3.91. The summed E-state index contributed by atoms with van der Waals surface area (Å²) in [6.07, 6.45) is 0. The Hall–Kier alpha value is -1.35. The Balaban J connectivity index is 2.47. The molecule has 3 N–H and O–H groups in total. The number of nitrogens with two attached hydrogens (primary N) is 1. The average Bonchev–Trinajstić information content (AvgIpc) is 2.67. The number of aromatic amines is 1. The molecule has 1 aromatic carbocycles. The third kappa shape index (κ3) is 2.81. The lowest BCUT2D eigenvalue weighted by molar-refractivity contribution is 0.317. The second kappa shape index (κ2) is 4.34. The molecule has 19 heavy (non-hydrogen) atoms. The fraction of sp³-hybridized carbons (Fsp3) is 0.562. The van der Waals surface area contributed by atoms with Crippen LogP contribution in [0.2, 0.25) is 0 Å². The minimum absolute atomic E-state index is 0.000728. The number of nitrogens with zero attached hydrogens (tertiary/aromatic N) is 1. The van der Waals surface area contributed by atoms with Crippen LogP contribution in [0.3, 0.4) is 0 Å². The van der Waals surface area contributed by atoms with Crippen molar-refractivity contribution in [2.75, 3.05) is 0 Å². The van der Waals surface area contributed by atoms with E-state index in [0.717, 1.165) is 16.9 Å². The van der Waals surface area contributed by atoms with Crippen LogP contribution in [0.15, 0.2) is 18.2 Å². The minimum atomic E-state index is -0.0852. The van der Waals surface area contributed by atoms with Crippen molar-refractivity contribution < 1.29 is 0 Å². The first-order chi connectivity index (χ1) is 8.59. The van der Waals surface area contributed by atoms with E-state index in [1.54, 1.807) is 0 Å². The van der Waals surface area contributed by atoms with Crippen molar-refractivity contribution >= 4 is 11.0 Å². The fourth-order valence-corrected chi connectivity index (χ4v) is 2.05. The minimum Gasteiger partial charge on any atom is -0.341 e. The van der Waals surface area contributed by atoms with Gasteiger partial charge in [0, 0.05) is 0 Å². The molecule has 0 aliphatic carbocycles. The smallest absolute Gasteiger partial charge is 0.124 e. The SMILES string of the molecule is CC(C)(C)c1ccc2[nH]c([C@H](N)C(C)(C)C)nc2c1. The lowest BCUT2D eigenvalue weighted by Gasteiger charge is -2.24. The molecular weight excluding hydrogens is 234 g/mol. The zero-order valence-electron chi connectivity index (χ0n) is 12.8. The second-order valence-electron chi connectivity index (χ2n) is 7.45. The summed E-state index contributed by atoms with van der Waals surface area (Å²) in [5, 5.41) is 0. The maximum atomic E-state index is 6.27. The van der Waals surface area contributed by atoms with Gasteiger partial charge in [-0.25, -0.2) is 4.98 Å². The maximum Gasteiger partial charge on any atom is 0.124 e. The summed E-state index contributed by atoms with van der Waals surface area (Å²) in [5.41, 5.74) is 9.76. The lowest BCUT2D eigenvalue weighted by atomic mass is 9.87. The summed E-state index contributed by atoms with van der Waals surface area (Å²) in [6, 6.07) is 6.33. The van der Waals surface area contributed by atoms with Gasteiger partial charge in [-0.3, -0.25) is 0 Å². The molecule has 0 fully saturated rings. The first kappa shape index (κ1) is 14.1. The van der Waals surface area contributed by atoms with Crippen molar-refractivity contribution in [3.63, 3.8) is 0 Å². The van der Waals surface area contributed by atoms with Gasteiger partial charge in [-0.1, -0.05) is 47.6 Å². The monoisotopic (exact) mass is 259 g/mol. The number of aromatic nitrogens is 2. The van der Waals surface area contributed by atoms with Crippen LogP contribution in [0.1, 0.15) is 59.0 Å². The number of imidazole rings is 1. The van der Waals surface area contributed by atoms with Crippen molar-refractivity contribution in [1.29, 1.82) is 0 Å². The Kier molecular flexibility index (Phi) is 3.21. The van der Waals surface area contributed by atoms with E-state index in [1.807, 2.05) is 0 Å². The van der Waals surface area contributed by atoms with Gasteiger partial charge in [0.05, 0.1) is 17.1 Å². The second-order valence-corrected chi connectivity index (χ2v) is 7.45. The van der Waals surface area contributed by atoms with Crippen molar-refractivity contribution in [1.82, 2.24) is 9.97 Å². The van der Waals surface area contributed by atoms with Crippen LogP contribution in [-0.2, 0) is 5.41 Å². The molecule has 3 nitrogen and oxygen atoms in total.